The first-order valence-corrected chi connectivity index (χ1v) is 14.3. The number of likely N-dealkylation sites (N-methyl/N-ethyl adjacent to an activating group) is 1. The second kappa shape index (κ2) is 13.4. The van der Waals surface area contributed by atoms with E-state index in [1.54, 1.807) is 51.6 Å². The fraction of sp³-hybridized carbons (Fsp3) is 0.367. The van der Waals surface area contributed by atoms with Crippen molar-refractivity contribution in [3.63, 3.8) is 0 Å². The first-order valence-electron chi connectivity index (χ1n) is 12.9. The van der Waals surface area contributed by atoms with Crippen LogP contribution >= 0.6 is 11.8 Å². The zero-order chi connectivity index (χ0) is 28.6. The molecule has 0 aliphatic rings. The largest absolute Gasteiger partial charge is 0.508 e. The minimum Gasteiger partial charge on any atom is -0.508 e. The summed E-state index contributed by atoms with van der Waals surface area (Å²) in [5, 5.41) is 17.5. The summed E-state index contributed by atoms with van der Waals surface area (Å²) in [6.45, 7) is 7.25. The third-order valence-electron chi connectivity index (χ3n) is 6.01. The third kappa shape index (κ3) is 8.38. The Labute approximate surface area is 234 Å². The van der Waals surface area contributed by atoms with Crippen LogP contribution in [0.2, 0.25) is 0 Å². The van der Waals surface area contributed by atoms with Gasteiger partial charge in [-0.05, 0) is 86.7 Å². The van der Waals surface area contributed by atoms with Crippen molar-refractivity contribution in [1.82, 2.24) is 10.2 Å². The van der Waals surface area contributed by atoms with Crippen molar-refractivity contribution in [3.05, 3.63) is 72.3 Å². The van der Waals surface area contributed by atoms with Crippen LogP contribution < -0.4 is 10.6 Å². The van der Waals surface area contributed by atoms with Gasteiger partial charge in [0.15, 0.2) is 0 Å². The van der Waals surface area contributed by atoms with Gasteiger partial charge in [-0.1, -0.05) is 42.5 Å². The van der Waals surface area contributed by atoms with E-state index in [4.69, 9.17) is 4.74 Å². The number of alkyl carbamates (subject to hydrolysis) is 1. The molecule has 2 atom stereocenters. The summed E-state index contributed by atoms with van der Waals surface area (Å²) in [5.74, 6) is -0.140. The van der Waals surface area contributed by atoms with Gasteiger partial charge >= 0.3 is 6.09 Å². The van der Waals surface area contributed by atoms with Gasteiger partial charge in [-0.2, -0.15) is 11.8 Å². The molecule has 3 aromatic carbocycles. The summed E-state index contributed by atoms with van der Waals surface area (Å²) < 4.78 is 5.40. The molecule has 9 heteroatoms. The van der Waals surface area contributed by atoms with Crippen LogP contribution in [-0.4, -0.2) is 58.1 Å². The SMILES string of the molecule is CCN(C(=O)C(CCSC)NC(=O)OC(C)(C)C)C(C(=O)Nc1ccc2ccccc2c1)c1ccc(O)cc1. The second-order valence-corrected chi connectivity index (χ2v) is 11.1. The topological polar surface area (TPSA) is 108 Å². The molecule has 0 radical (unpaired) electrons. The van der Waals surface area contributed by atoms with E-state index < -0.39 is 35.6 Å². The Morgan fingerprint density at radius 1 is 1.00 bits per heavy atom. The van der Waals surface area contributed by atoms with Gasteiger partial charge in [0.05, 0.1) is 0 Å². The molecule has 0 aliphatic heterocycles. The predicted octanol–water partition coefficient (Wildman–Crippen LogP) is 5.72. The molecular weight excluding hydrogens is 514 g/mol. The summed E-state index contributed by atoms with van der Waals surface area (Å²) in [6, 6.07) is 17.8. The molecule has 0 bridgehead atoms. The number of fused-ring (bicyclic) bond motifs is 1. The minimum absolute atomic E-state index is 0.0475. The smallest absolute Gasteiger partial charge is 0.408 e. The lowest BCUT2D eigenvalue weighted by Crippen LogP contribution is -2.52. The molecular formula is C30H37N3O5S. The normalized spacial score (nSPS) is 12.8. The van der Waals surface area contributed by atoms with Gasteiger partial charge in [-0.25, -0.2) is 4.79 Å². The van der Waals surface area contributed by atoms with Gasteiger partial charge < -0.3 is 25.4 Å². The van der Waals surface area contributed by atoms with E-state index in [2.05, 4.69) is 10.6 Å². The Balaban J connectivity index is 1.94. The average Bonchev–Trinajstić information content (AvgIpc) is 2.88. The fourth-order valence-electron chi connectivity index (χ4n) is 4.22. The molecule has 2 unspecified atom stereocenters. The molecule has 3 rings (SSSR count). The molecule has 39 heavy (non-hydrogen) atoms. The highest BCUT2D eigenvalue weighted by molar-refractivity contribution is 7.98. The van der Waals surface area contributed by atoms with Crippen molar-refractivity contribution in [2.24, 2.45) is 0 Å². The highest BCUT2D eigenvalue weighted by Crippen LogP contribution is 2.27. The molecule has 0 saturated heterocycles. The van der Waals surface area contributed by atoms with E-state index in [9.17, 15) is 19.5 Å². The van der Waals surface area contributed by atoms with Crippen LogP contribution in [0.15, 0.2) is 66.7 Å². The lowest BCUT2D eigenvalue weighted by Gasteiger charge is -2.33. The lowest BCUT2D eigenvalue weighted by atomic mass is 10.0. The Morgan fingerprint density at radius 3 is 2.28 bits per heavy atom. The fourth-order valence-corrected chi connectivity index (χ4v) is 4.69. The van der Waals surface area contributed by atoms with Crippen molar-refractivity contribution >= 4 is 46.1 Å². The number of phenolic OH excluding ortho intramolecular Hbond substituents is 1. The number of rotatable bonds is 10. The van der Waals surface area contributed by atoms with E-state index in [1.165, 1.54) is 17.0 Å². The number of phenols is 1. The van der Waals surface area contributed by atoms with E-state index in [1.807, 2.05) is 48.7 Å². The van der Waals surface area contributed by atoms with Gasteiger partial charge in [0.2, 0.25) is 5.91 Å². The zero-order valence-electron chi connectivity index (χ0n) is 23.1. The molecule has 0 aliphatic carbocycles. The highest BCUT2D eigenvalue weighted by atomic mass is 32.2. The number of thioether (sulfide) groups is 1. The van der Waals surface area contributed by atoms with Crippen molar-refractivity contribution in [1.29, 1.82) is 0 Å². The summed E-state index contributed by atoms with van der Waals surface area (Å²) in [7, 11) is 0. The number of benzene rings is 3. The van der Waals surface area contributed by atoms with E-state index in [0.29, 0.717) is 23.4 Å². The number of carbonyl (C=O) groups excluding carboxylic acids is 3. The first kappa shape index (κ1) is 29.8. The summed E-state index contributed by atoms with van der Waals surface area (Å²) in [4.78, 5) is 41.8. The van der Waals surface area contributed by atoms with Crippen LogP contribution in [0.1, 0.15) is 45.7 Å². The van der Waals surface area contributed by atoms with Gasteiger partial charge in [-0.15, -0.1) is 0 Å². The van der Waals surface area contributed by atoms with Gasteiger partial charge in [-0.3, -0.25) is 9.59 Å². The maximum atomic E-state index is 13.9. The second-order valence-electron chi connectivity index (χ2n) is 10.1. The van der Waals surface area contributed by atoms with Crippen LogP contribution in [-0.2, 0) is 14.3 Å². The molecule has 0 saturated carbocycles. The highest BCUT2D eigenvalue weighted by Gasteiger charge is 2.35. The Bertz CT molecular complexity index is 1290. The number of ether oxygens (including phenoxy) is 1. The molecule has 208 valence electrons. The van der Waals surface area contributed by atoms with E-state index in [-0.39, 0.29) is 12.3 Å². The number of hydrogen-bond acceptors (Lipinski definition) is 6. The average molecular weight is 552 g/mol. The molecule has 3 aromatic rings. The molecule has 8 nitrogen and oxygen atoms in total. The number of nitrogens with zero attached hydrogens (tertiary/aromatic N) is 1. The maximum Gasteiger partial charge on any atom is 0.408 e. The van der Waals surface area contributed by atoms with Gasteiger partial charge in [0.25, 0.3) is 5.91 Å². The quantitative estimate of drug-likeness (QED) is 0.297. The molecule has 0 heterocycles. The number of anilines is 1. The van der Waals surface area contributed by atoms with Crippen LogP contribution in [0.25, 0.3) is 10.8 Å². The number of aromatic hydroxyl groups is 1. The first-order chi connectivity index (χ1) is 18.5. The monoisotopic (exact) mass is 551 g/mol. The molecule has 0 spiro atoms. The van der Waals surface area contributed by atoms with E-state index in [0.717, 1.165) is 10.8 Å². The Kier molecular flexibility index (Phi) is 10.2. The van der Waals surface area contributed by atoms with Crippen LogP contribution in [0.5, 0.6) is 5.75 Å². The van der Waals surface area contributed by atoms with Crippen LogP contribution in [0, 0.1) is 0 Å². The number of carbonyl (C=O) groups is 3. The number of amides is 3. The van der Waals surface area contributed by atoms with Gasteiger partial charge in [0, 0.05) is 12.2 Å². The predicted molar refractivity (Wildman–Crippen MR) is 157 cm³/mol. The van der Waals surface area contributed by atoms with Crippen molar-refractivity contribution in [2.75, 3.05) is 23.9 Å². The molecule has 0 fully saturated rings. The standard InChI is InChI=1S/C30H37N3O5S/c1-6-33(28(36)25(17-18-39-5)32-29(37)38-30(2,3)4)26(21-12-15-24(34)16-13-21)27(35)31-23-14-11-20-9-7-8-10-22(20)19-23/h7-16,19,25-26,34H,6,17-18H2,1-5H3,(H,31,35)(H,32,37). The van der Waals surface area contributed by atoms with Crippen molar-refractivity contribution in [2.45, 2.75) is 51.8 Å². The summed E-state index contributed by atoms with van der Waals surface area (Å²) in [6.07, 6.45) is 1.59. The lowest BCUT2D eigenvalue weighted by molar-refractivity contribution is -0.140. The van der Waals surface area contributed by atoms with Crippen molar-refractivity contribution < 1.29 is 24.2 Å². The summed E-state index contributed by atoms with van der Waals surface area (Å²) >= 11 is 1.55. The number of hydrogen-bond donors (Lipinski definition) is 3. The van der Waals surface area contributed by atoms with Crippen molar-refractivity contribution in [3.8, 4) is 5.75 Å². The number of nitrogens with one attached hydrogen (secondary N) is 2. The molecule has 0 aromatic heterocycles. The zero-order valence-corrected chi connectivity index (χ0v) is 23.9. The summed E-state index contributed by atoms with van der Waals surface area (Å²) in [5.41, 5.74) is 0.398. The van der Waals surface area contributed by atoms with Gasteiger partial charge in [0.1, 0.15) is 23.4 Å². The Hall–Kier alpha value is -3.72. The minimum atomic E-state index is -1.01. The van der Waals surface area contributed by atoms with E-state index >= 15 is 0 Å². The third-order valence-corrected chi connectivity index (χ3v) is 6.65. The van der Waals surface area contributed by atoms with Crippen LogP contribution in [0.4, 0.5) is 10.5 Å². The Morgan fingerprint density at radius 2 is 1.67 bits per heavy atom. The molecule has 3 N–H and O–H groups in total. The molecule has 3 amide bonds. The van der Waals surface area contributed by atoms with Crippen LogP contribution in [0.3, 0.4) is 0 Å². The maximum absolute atomic E-state index is 13.9.